The Labute approximate surface area is 175 Å². The fourth-order valence-corrected chi connectivity index (χ4v) is 3.88. The number of benzene rings is 2. The molecule has 3 amide bonds. The van der Waals surface area contributed by atoms with E-state index in [1.54, 1.807) is 53.3 Å². The minimum absolute atomic E-state index is 0.0171. The van der Waals surface area contributed by atoms with Crippen molar-refractivity contribution in [1.29, 1.82) is 0 Å². The van der Waals surface area contributed by atoms with Gasteiger partial charge in [0.15, 0.2) is 0 Å². The van der Waals surface area contributed by atoms with Crippen LogP contribution in [0, 0.1) is 11.7 Å². The number of carbonyl (C=O) groups excluding carboxylic acids is 2. The second-order valence-corrected chi connectivity index (χ2v) is 7.80. The fourth-order valence-electron chi connectivity index (χ4n) is 3.88. The number of nitrogens with zero attached hydrogens (tertiary/aromatic N) is 2. The number of ether oxygens (including phenoxy) is 1. The molecule has 4 rings (SSSR count). The van der Waals surface area contributed by atoms with E-state index in [4.69, 9.17) is 4.74 Å². The smallest absolute Gasteiger partial charge is 0.324 e. The van der Waals surface area contributed by atoms with Gasteiger partial charge in [0.2, 0.25) is 5.91 Å². The number of methoxy groups -OCH3 is 1. The summed E-state index contributed by atoms with van der Waals surface area (Å²) in [7, 11) is 1.55. The molecule has 0 spiro atoms. The summed E-state index contributed by atoms with van der Waals surface area (Å²) >= 11 is 0. The molecule has 1 saturated heterocycles. The van der Waals surface area contributed by atoms with Crippen molar-refractivity contribution in [2.75, 3.05) is 30.4 Å². The van der Waals surface area contributed by atoms with Gasteiger partial charge in [-0.3, -0.25) is 9.69 Å². The zero-order valence-corrected chi connectivity index (χ0v) is 17.1. The summed E-state index contributed by atoms with van der Waals surface area (Å²) in [5.74, 6) is 0.324. The van der Waals surface area contributed by atoms with Crippen LogP contribution in [0.15, 0.2) is 42.5 Å². The molecule has 1 aliphatic carbocycles. The molecule has 6 nitrogen and oxygen atoms in total. The molecule has 0 atom stereocenters. The van der Waals surface area contributed by atoms with Crippen molar-refractivity contribution in [3.63, 3.8) is 0 Å². The lowest BCUT2D eigenvalue weighted by atomic mass is 9.85. The van der Waals surface area contributed by atoms with Crippen LogP contribution in [-0.4, -0.2) is 37.0 Å². The van der Waals surface area contributed by atoms with Crippen molar-refractivity contribution in [3.8, 4) is 5.75 Å². The van der Waals surface area contributed by atoms with Gasteiger partial charge in [-0.1, -0.05) is 24.6 Å². The number of nitrogens with one attached hydrogen (secondary N) is 1. The number of halogens is 1. The van der Waals surface area contributed by atoms with E-state index in [0.29, 0.717) is 35.8 Å². The molecule has 0 aromatic heterocycles. The van der Waals surface area contributed by atoms with Gasteiger partial charge in [-0.05, 0) is 43.5 Å². The van der Waals surface area contributed by atoms with Gasteiger partial charge in [-0.2, -0.15) is 0 Å². The summed E-state index contributed by atoms with van der Waals surface area (Å²) in [6.45, 7) is 1.30. The molecule has 0 unspecified atom stereocenters. The standard InChI is InChI=1S/C23H26FN3O3/c1-30-21-11-10-18(25-22(28)16-7-4-8-16)14-20(21)27-13-5-12-26(23(27)29)15-17-6-2-3-9-19(17)24/h2-3,6,9-11,14,16H,4-5,7-8,12-13,15H2,1H3,(H,25,28). The first kappa shape index (κ1) is 20.2. The molecule has 0 radical (unpaired) electrons. The Morgan fingerprint density at radius 2 is 1.97 bits per heavy atom. The number of rotatable bonds is 6. The second-order valence-electron chi connectivity index (χ2n) is 7.80. The van der Waals surface area contributed by atoms with Crippen LogP contribution in [0.5, 0.6) is 5.75 Å². The maximum atomic E-state index is 14.1. The molecular weight excluding hydrogens is 385 g/mol. The second kappa shape index (κ2) is 8.73. The predicted molar refractivity (Wildman–Crippen MR) is 113 cm³/mol. The van der Waals surface area contributed by atoms with Crippen molar-refractivity contribution in [2.24, 2.45) is 5.92 Å². The minimum Gasteiger partial charge on any atom is -0.495 e. The lowest BCUT2D eigenvalue weighted by Gasteiger charge is -2.36. The number of carbonyl (C=O) groups is 2. The zero-order valence-electron chi connectivity index (χ0n) is 17.1. The fraction of sp³-hybridized carbons (Fsp3) is 0.391. The van der Waals surface area contributed by atoms with Crippen molar-refractivity contribution < 1.29 is 18.7 Å². The van der Waals surface area contributed by atoms with E-state index < -0.39 is 0 Å². The maximum Gasteiger partial charge on any atom is 0.324 e. The highest BCUT2D eigenvalue weighted by Crippen LogP contribution is 2.35. The molecule has 0 bridgehead atoms. The number of hydrogen-bond donors (Lipinski definition) is 1. The van der Waals surface area contributed by atoms with Crippen molar-refractivity contribution in [2.45, 2.75) is 32.2 Å². The van der Waals surface area contributed by atoms with Gasteiger partial charge >= 0.3 is 6.03 Å². The third-order valence-corrected chi connectivity index (χ3v) is 5.84. The number of anilines is 2. The summed E-state index contributed by atoms with van der Waals surface area (Å²) in [5, 5.41) is 2.95. The van der Waals surface area contributed by atoms with Crippen LogP contribution in [0.3, 0.4) is 0 Å². The number of hydrogen-bond acceptors (Lipinski definition) is 3. The lowest BCUT2D eigenvalue weighted by molar-refractivity contribution is -0.122. The molecule has 2 aromatic rings. The Morgan fingerprint density at radius 3 is 2.67 bits per heavy atom. The molecular formula is C23H26FN3O3. The molecule has 158 valence electrons. The summed E-state index contributed by atoms with van der Waals surface area (Å²) in [6.07, 6.45) is 3.68. The van der Waals surface area contributed by atoms with E-state index in [2.05, 4.69) is 5.32 Å². The molecule has 1 aliphatic heterocycles. The van der Waals surface area contributed by atoms with Gasteiger partial charge in [-0.25, -0.2) is 9.18 Å². The number of amides is 3. The van der Waals surface area contributed by atoms with Crippen molar-refractivity contribution in [1.82, 2.24) is 4.90 Å². The van der Waals surface area contributed by atoms with Crippen LogP contribution >= 0.6 is 0 Å². The zero-order chi connectivity index (χ0) is 21.1. The lowest BCUT2D eigenvalue weighted by Crippen LogP contribution is -2.49. The Hall–Kier alpha value is -3.09. The first-order chi connectivity index (χ1) is 14.6. The molecule has 2 aliphatic rings. The Balaban J connectivity index is 1.55. The largest absolute Gasteiger partial charge is 0.495 e. The molecule has 7 heteroatoms. The molecule has 1 heterocycles. The normalized spacial score (nSPS) is 16.9. The SMILES string of the molecule is COc1ccc(NC(=O)C2CCC2)cc1N1CCCN(Cc2ccccc2F)C1=O. The van der Waals surface area contributed by atoms with E-state index >= 15 is 0 Å². The Morgan fingerprint density at radius 1 is 1.17 bits per heavy atom. The first-order valence-corrected chi connectivity index (χ1v) is 10.4. The minimum atomic E-state index is -0.319. The topological polar surface area (TPSA) is 61.9 Å². The third-order valence-electron chi connectivity index (χ3n) is 5.84. The highest BCUT2D eigenvalue weighted by atomic mass is 19.1. The van der Waals surface area contributed by atoms with Gasteiger partial charge in [0.1, 0.15) is 11.6 Å². The van der Waals surface area contributed by atoms with E-state index in [1.165, 1.54) is 6.07 Å². The van der Waals surface area contributed by atoms with Crippen molar-refractivity contribution >= 4 is 23.3 Å². The predicted octanol–water partition coefficient (Wildman–Crippen LogP) is 4.41. The Kier molecular flexibility index (Phi) is 5.88. The van der Waals surface area contributed by atoms with Gasteiger partial charge in [0, 0.05) is 30.3 Å². The molecule has 30 heavy (non-hydrogen) atoms. The van der Waals surface area contributed by atoms with Gasteiger partial charge in [0.05, 0.1) is 19.3 Å². The quantitative estimate of drug-likeness (QED) is 0.766. The van der Waals surface area contributed by atoms with E-state index in [9.17, 15) is 14.0 Å². The van der Waals surface area contributed by atoms with Crippen molar-refractivity contribution in [3.05, 3.63) is 53.8 Å². The van der Waals surface area contributed by atoms with Crippen LogP contribution in [0.1, 0.15) is 31.2 Å². The first-order valence-electron chi connectivity index (χ1n) is 10.4. The van der Waals surface area contributed by atoms with E-state index in [0.717, 1.165) is 25.7 Å². The highest BCUT2D eigenvalue weighted by Gasteiger charge is 2.30. The maximum absolute atomic E-state index is 14.1. The van der Waals surface area contributed by atoms with Crippen LogP contribution < -0.4 is 15.0 Å². The summed E-state index contributed by atoms with van der Waals surface area (Å²) in [4.78, 5) is 28.8. The van der Waals surface area contributed by atoms with E-state index in [-0.39, 0.29) is 30.2 Å². The molecule has 2 fully saturated rings. The molecule has 1 saturated carbocycles. The van der Waals surface area contributed by atoms with Gasteiger partial charge < -0.3 is 15.0 Å². The average Bonchev–Trinajstić information content (AvgIpc) is 2.70. The van der Waals surface area contributed by atoms with Gasteiger partial charge in [-0.15, -0.1) is 0 Å². The van der Waals surface area contributed by atoms with Crippen LogP contribution in [0.4, 0.5) is 20.6 Å². The molecule has 1 N–H and O–H groups in total. The van der Waals surface area contributed by atoms with Crippen LogP contribution in [0.2, 0.25) is 0 Å². The summed E-state index contributed by atoms with van der Waals surface area (Å²) in [5.41, 5.74) is 1.73. The summed E-state index contributed by atoms with van der Waals surface area (Å²) < 4.78 is 19.5. The van der Waals surface area contributed by atoms with Crippen LogP contribution in [0.25, 0.3) is 0 Å². The molecule has 2 aromatic carbocycles. The summed E-state index contributed by atoms with van der Waals surface area (Å²) in [6, 6.07) is 11.6. The van der Waals surface area contributed by atoms with Gasteiger partial charge in [0.25, 0.3) is 0 Å². The van der Waals surface area contributed by atoms with Crippen LogP contribution in [-0.2, 0) is 11.3 Å². The van der Waals surface area contributed by atoms with E-state index in [1.807, 2.05) is 0 Å². The number of urea groups is 1. The third kappa shape index (κ3) is 4.10. The average molecular weight is 411 g/mol. The monoisotopic (exact) mass is 411 g/mol. The highest BCUT2D eigenvalue weighted by molar-refractivity contribution is 5.97. The Bertz CT molecular complexity index is 945.